The number of imide groups is 1. The van der Waals surface area contributed by atoms with E-state index in [4.69, 9.17) is 11.6 Å². The zero-order valence-corrected chi connectivity index (χ0v) is 22.2. The lowest BCUT2D eigenvalue weighted by atomic mass is 9.79. The maximum absolute atomic E-state index is 13.0. The molecule has 1 fully saturated rings. The van der Waals surface area contributed by atoms with E-state index in [0.29, 0.717) is 16.6 Å². The summed E-state index contributed by atoms with van der Waals surface area (Å²) in [5.74, 6) is -0.632. The van der Waals surface area contributed by atoms with E-state index >= 15 is 0 Å². The number of carbonyl (C=O) groups is 3. The lowest BCUT2D eigenvalue weighted by molar-refractivity contribution is -0.127. The summed E-state index contributed by atoms with van der Waals surface area (Å²) < 4.78 is 0. The third-order valence-electron chi connectivity index (χ3n) is 6.91. The predicted molar refractivity (Wildman–Crippen MR) is 144 cm³/mol. The standard InChI is InChI=1S/C28H33ClN4O3/c1-6-11-33-24-12-17(2)19(13-22(24)18(3)15-28(33,4)5)14-23-26(35)32(27(36)31-23)16-25(34)30-21-9-7-20(29)8-10-21/h7-10,12-14,18H,6,11,15-16H2,1-5H3,(H,30,34)(H,31,36)/b23-14+. The van der Waals surface area contributed by atoms with E-state index in [0.717, 1.165) is 35.4 Å². The Morgan fingerprint density at radius 2 is 1.92 bits per heavy atom. The molecule has 2 heterocycles. The van der Waals surface area contributed by atoms with Crippen molar-refractivity contribution in [3.05, 3.63) is 63.8 Å². The first-order chi connectivity index (χ1) is 17.0. The molecule has 36 heavy (non-hydrogen) atoms. The van der Waals surface area contributed by atoms with Crippen LogP contribution in [0.15, 0.2) is 42.1 Å². The Kier molecular flexibility index (Phi) is 7.14. The lowest BCUT2D eigenvalue weighted by Crippen LogP contribution is -2.48. The van der Waals surface area contributed by atoms with Crippen LogP contribution >= 0.6 is 11.6 Å². The fourth-order valence-electron chi connectivity index (χ4n) is 5.20. The molecule has 1 unspecified atom stereocenters. The number of amides is 4. The summed E-state index contributed by atoms with van der Waals surface area (Å²) in [7, 11) is 0. The monoisotopic (exact) mass is 508 g/mol. The molecule has 0 spiro atoms. The lowest BCUT2D eigenvalue weighted by Gasteiger charge is -2.48. The number of anilines is 2. The molecule has 0 saturated carbocycles. The minimum absolute atomic E-state index is 0.0668. The van der Waals surface area contributed by atoms with Crippen LogP contribution in [0.2, 0.25) is 5.02 Å². The number of nitrogens with zero attached hydrogens (tertiary/aromatic N) is 2. The van der Waals surface area contributed by atoms with Crippen molar-refractivity contribution < 1.29 is 14.4 Å². The number of nitrogens with one attached hydrogen (secondary N) is 2. The molecule has 4 amide bonds. The largest absolute Gasteiger partial charge is 0.366 e. The normalized spacial score (nSPS) is 19.9. The van der Waals surface area contributed by atoms with Crippen molar-refractivity contribution in [2.24, 2.45) is 0 Å². The number of benzene rings is 2. The predicted octanol–water partition coefficient (Wildman–Crippen LogP) is 5.68. The molecular weight excluding hydrogens is 476 g/mol. The van der Waals surface area contributed by atoms with Crippen LogP contribution in [-0.2, 0) is 9.59 Å². The van der Waals surface area contributed by atoms with Gasteiger partial charge in [0.15, 0.2) is 0 Å². The van der Waals surface area contributed by atoms with Crippen molar-refractivity contribution in [1.29, 1.82) is 0 Å². The van der Waals surface area contributed by atoms with Crippen molar-refractivity contribution in [3.8, 4) is 0 Å². The average molecular weight is 509 g/mol. The van der Waals surface area contributed by atoms with Gasteiger partial charge in [-0.1, -0.05) is 25.4 Å². The fraction of sp³-hybridized carbons (Fsp3) is 0.393. The topological polar surface area (TPSA) is 81.8 Å². The van der Waals surface area contributed by atoms with Gasteiger partial charge >= 0.3 is 6.03 Å². The number of fused-ring (bicyclic) bond motifs is 1. The van der Waals surface area contributed by atoms with E-state index in [9.17, 15) is 14.4 Å². The van der Waals surface area contributed by atoms with Crippen LogP contribution in [0.1, 0.15) is 63.1 Å². The van der Waals surface area contributed by atoms with Gasteiger partial charge in [-0.2, -0.15) is 0 Å². The van der Waals surface area contributed by atoms with Crippen LogP contribution in [0, 0.1) is 6.92 Å². The Balaban J connectivity index is 1.55. The zero-order chi connectivity index (χ0) is 26.2. The second kappa shape index (κ2) is 9.97. The Labute approximate surface area is 217 Å². The van der Waals surface area contributed by atoms with Crippen molar-refractivity contribution in [2.45, 2.75) is 58.9 Å². The van der Waals surface area contributed by atoms with E-state index in [1.807, 2.05) is 6.92 Å². The maximum Gasteiger partial charge on any atom is 0.329 e. The van der Waals surface area contributed by atoms with Gasteiger partial charge in [-0.05, 0) is 98.7 Å². The highest BCUT2D eigenvalue weighted by atomic mass is 35.5. The van der Waals surface area contributed by atoms with Crippen molar-refractivity contribution >= 4 is 46.9 Å². The van der Waals surface area contributed by atoms with E-state index in [1.54, 1.807) is 30.3 Å². The Morgan fingerprint density at radius 1 is 1.22 bits per heavy atom. The van der Waals surface area contributed by atoms with Crippen LogP contribution in [0.4, 0.5) is 16.2 Å². The van der Waals surface area contributed by atoms with E-state index in [-0.39, 0.29) is 17.8 Å². The van der Waals surface area contributed by atoms with Crippen molar-refractivity contribution in [1.82, 2.24) is 10.2 Å². The summed E-state index contributed by atoms with van der Waals surface area (Å²) in [5.41, 5.74) is 5.15. The highest BCUT2D eigenvalue weighted by Gasteiger charge is 2.37. The van der Waals surface area contributed by atoms with Gasteiger partial charge in [0.2, 0.25) is 5.91 Å². The van der Waals surface area contributed by atoms with Crippen LogP contribution in [0.25, 0.3) is 6.08 Å². The summed E-state index contributed by atoms with van der Waals surface area (Å²) >= 11 is 5.87. The molecule has 0 aromatic heterocycles. The number of rotatable bonds is 6. The molecule has 1 saturated heterocycles. The second-order valence-corrected chi connectivity index (χ2v) is 10.7. The number of urea groups is 1. The summed E-state index contributed by atoms with van der Waals surface area (Å²) in [4.78, 5) is 41.4. The third kappa shape index (κ3) is 5.12. The van der Waals surface area contributed by atoms with E-state index in [2.05, 4.69) is 55.4 Å². The van der Waals surface area contributed by atoms with Crippen LogP contribution < -0.4 is 15.5 Å². The molecule has 0 aliphatic carbocycles. The van der Waals surface area contributed by atoms with Crippen LogP contribution in [0.5, 0.6) is 0 Å². The van der Waals surface area contributed by atoms with Gasteiger partial charge in [0.25, 0.3) is 5.91 Å². The number of hydrogen-bond donors (Lipinski definition) is 2. The number of carbonyl (C=O) groups excluding carboxylic acids is 3. The molecule has 0 radical (unpaired) electrons. The second-order valence-electron chi connectivity index (χ2n) is 10.3. The highest BCUT2D eigenvalue weighted by molar-refractivity contribution is 6.30. The number of hydrogen-bond acceptors (Lipinski definition) is 4. The molecule has 8 heteroatoms. The molecule has 2 aromatic carbocycles. The highest BCUT2D eigenvalue weighted by Crippen LogP contribution is 2.44. The zero-order valence-electron chi connectivity index (χ0n) is 21.4. The first kappa shape index (κ1) is 25.8. The first-order valence-electron chi connectivity index (χ1n) is 12.3. The molecule has 7 nitrogen and oxygen atoms in total. The molecule has 2 aliphatic heterocycles. The molecular formula is C28H33ClN4O3. The molecule has 190 valence electrons. The number of aryl methyl sites for hydroxylation is 1. The molecule has 2 aromatic rings. The molecule has 2 aliphatic rings. The molecule has 0 bridgehead atoms. The minimum atomic E-state index is -0.614. The van der Waals surface area contributed by atoms with Gasteiger partial charge in [-0.25, -0.2) is 9.69 Å². The van der Waals surface area contributed by atoms with Crippen LogP contribution in [0.3, 0.4) is 0 Å². The molecule has 4 rings (SSSR count). The maximum atomic E-state index is 13.0. The minimum Gasteiger partial charge on any atom is -0.366 e. The quantitative estimate of drug-likeness (QED) is 0.388. The van der Waals surface area contributed by atoms with Gasteiger partial charge in [-0.3, -0.25) is 9.59 Å². The molecule has 1 atom stereocenters. The summed E-state index contributed by atoms with van der Waals surface area (Å²) in [6, 6.07) is 10.3. The SMILES string of the molecule is CCCN1c2cc(C)c(/C=C3/NC(=O)N(CC(=O)Nc4ccc(Cl)cc4)C3=O)cc2C(C)CC1(C)C. The van der Waals surface area contributed by atoms with Gasteiger partial charge < -0.3 is 15.5 Å². The Bertz CT molecular complexity index is 1240. The van der Waals surface area contributed by atoms with Crippen LogP contribution in [-0.4, -0.2) is 41.4 Å². The van der Waals surface area contributed by atoms with Gasteiger partial charge in [0.05, 0.1) is 0 Å². The smallest absolute Gasteiger partial charge is 0.329 e. The fourth-order valence-corrected chi connectivity index (χ4v) is 5.33. The van der Waals surface area contributed by atoms with Gasteiger partial charge in [-0.15, -0.1) is 0 Å². The Morgan fingerprint density at radius 3 is 2.58 bits per heavy atom. The van der Waals surface area contributed by atoms with Gasteiger partial charge in [0, 0.05) is 28.5 Å². The number of halogens is 1. The summed E-state index contributed by atoms with van der Waals surface area (Å²) in [6.45, 7) is 11.6. The van der Waals surface area contributed by atoms with E-state index < -0.39 is 17.8 Å². The Hall–Kier alpha value is -3.32. The first-order valence-corrected chi connectivity index (χ1v) is 12.7. The van der Waals surface area contributed by atoms with Crippen molar-refractivity contribution in [3.63, 3.8) is 0 Å². The average Bonchev–Trinajstić information content (AvgIpc) is 3.06. The third-order valence-corrected chi connectivity index (χ3v) is 7.16. The molecule has 2 N–H and O–H groups in total. The van der Waals surface area contributed by atoms with E-state index in [1.165, 1.54) is 11.3 Å². The summed E-state index contributed by atoms with van der Waals surface area (Å²) in [5, 5.41) is 5.85. The summed E-state index contributed by atoms with van der Waals surface area (Å²) in [6.07, 6.45) is 3.80. The van der Waals surface area contributed by atoms with Gasteiger partial charge in [0.1, 0.15) is 12.2 Å². The van der Waals surface area contributed by atoms with Crippen molar-refractivity contribution in [2.75, 3.05) is 23.3 Å².